The molecule has 1 rings (SSSR count). The number of nitrogens with one attached hydrogen (secondary N) is 1. The van der Waals surface area contributed by atoms with E-state index in [0.29, 0.717) is 12.4 Å². The van der Waals surface area contributed by atoms with E-state index in [4.69, 9.17) is 9.84 Å². The van der Waals surface area contributed by atoms with Crippen LogP contribution in [-0.2, 0) is 10.0 Å². The first kappa shape index (κ1) is 14.0. The SMILES string of the molecule is CCOc1ccc(S(=O)(=O)NCC(C)O)cc1. The number of hydrogen-bond acceptors (Lipinski definition) is 4. The third-order valence-corrected chi connectivity index (χ3v) is 3.45. The zero-order valence-electron chi connectivity index (χ0n) is 9.88. The highest BCUT2D eigenvalue weighted by Crippen LogP contribution is 2.15. The number of aliphatic hydroxyl groups is 1. The van der Waals surface area contributed by atoms with E-state index in [9.17, 15) is 8.42 Å². The Kier molecular flexibility index (Phi) is 4.92. The average Bonchev–Trinajstić information content (AvgIpc) is 2.28. The van der Waals surface area contributed by atoms with Gasteiger partial charge in [-0.2, -0.15) is 0 Å². The second-order valence-electron chi connectivity index (χ2n) is 3.61. The molecule has 2 N–H and O–H groups in total. The van der Waals surface area contributed by atoms with Gasteiger partial charge in [0.15, 0.2) is 0 Å². The van der Waals surface area contributed by atoms with Crippen LogP contribution in [0.1, 0.15) is 13.8 Å². The second-order valence-corrected chi connectivity index (χ2v) is 5.37. The van der Waals surface area contributed by atoms with E-state index in [1.807, 2.05) is 6.92 Å². The predicted octanol–water partition coefficient (Wildman–Crippen LogP) is 0.744. The maximum atomic E-state index is 11.7. The number of ether oxygens (including phenoxy) is 1. The van der Waals surface area contributed by atoms with Crippen LogP contribution in [0.25, 0.3) is 0 Å². The average molecular weight is 259 g/mol. The van der Waals surface area contributed by atoms with E-state index in [0.717, 1.165) is 0 Å². The molecule has 17 heavy (non-hydrogen) atoms. The van der Waals surface area contributed by atoms with Crippen LogP contribution in [0.5, 0.6) is 5.75 Å². The van der Waals surface area contributed by atoms with E-state index in [-0.39, 0.29) is 11.4 Å². The van der Waals surface area contributed by atoms with Gasteiger partial charge in [-0.1, -0.05) is 0 Å². The lowest BCUT2D eigenvalue weighted by Crippen LogP contribution is -2.30. The van der Waals surface area contributed by atoms with E-state index < -0.39 is 16.1 Å². The molecule has 0 spiro atoms. The summed E-state index contributed by atoms with van der Waals surface area (Å²) in [7, 11) is -3.55. The maximum absolute atomic E-state index is 11.7. The molecule has 0 aromatic heterocycles. The molecule has 0 fully saturated rings. The first-order chi connectivity index (χ1) is 7.95. The Balaban J connectivity index is 2.77. The number of aliphatic hydroxyl groups excluding tert-OH is 1. The van der Waals surface area contributed by atoms with Crippen molar-refractivity contribution >= 4 is 10.0 Å². The Morgan fingerprint density at radius 3 is 2.41 bits per heavy atom. The van der Waals surface area contributed by atoms with Crippen molar-refractivity contribution in [3.63, 3.8) is 0 Å². The highest BCUT2D eigenvalue weighted by Gasteiger charge is 2.14. The molecule has 0 saturated carbocycles. The van der Waals surface area contributed by atoms with Crippen LogP contribution in [0.15, 0.2) is 29.2 Å². The van der Waals surface area contributed by atoms with Crippen molar-refractivity contribution in [1.29, 1.82) is 0 Å². The quantitative estimate of drug-likeness (QED) is 0.790. The lowest BCUT2D eigenvalue weighted by Gasteiger charge is -2.09. The molecule has 0 radical (unpaired) electrons. The summed E-state index contributed by atoms with van der Waals surface area (Å²) in [5.41, 5.74) is 0. The summed E-state index contributed by atoms with van der Waals surface area (Å²) in [5.74, 6) is 0.627. The Bertz CT molecular complexity index is 439. The molecule has 1 atom stereocenters. The molecule has 6 heteroatoms. The van der Waals surface area contributed by atoms with Crippen molar-refractivity contribution in [1.82, 2.24) is 4.72 Å². The van der Waals surface area contributed by atoms with Gasteiger partial charge in [0.1, 0.15) is 5.75 Å². The Labute approximate surface area is 101 Å². The van der Waals surface area contributed by atoms with Gasteiger partial charge >= 0.3 is 0 Å². The van der Waals surface area contributed by atoms with Gasteiger partial charge in [-0.15, -0.1) is 0 Å². The molecule has 0 saturated heterocycles. The van der Waals surface area contributed by atoms with E-state index >= 15 is 0 Å². The third kappa shape index (κ3) is 4.33. The Morgan fingerprint density at radius 1 is 1.35 bits per heavy atom. The van der Waals surface area contributed by atoms with Gasteiger partial charge < -0.3 is 9.84 Å². The smallest absolute Gasteiger partial charge is 0.240 e. The van der Waals surface area contributed by atoms with Gasteiger partial charge in [-0.05, 0) is 38.1 Å². The minimum Gasteiger partial charge on any atom is -0.494 e. The normalized spacial score (nSPS) is 13.4. The summed E-state index contributed by atoms with van der Waals surface area (Å²) in [4.78, 5) is 0.154. The fourth-order valence-electron chi connectivity index (χ4n) is 1.20. The van der Waals surface area contributed by atoms with Crippen molar-refractivity contribution in [3.05, 3.63) is 24.3 Å². The Morgan fingerprint density at radius 2 is 1.94 bits per heavy atom. The molecular formula is C11H17NO4S. The monoisotopic (exact) mass is 259 g/mol. The molecule has 0 aliphatic carbocycles. The van der Waals surface area contributed by atoms with Gasteiger partial charge in [0.2, 0.25) is 10.0 Å². The molecule has 5 nitrogen and oxygen atoms in total. The molecule has 0 bridgehead atoms. The number of hydrogen-bond donors (Lipinski definition) is 2. The molecular weight excluding hydrogens is 242 g/mol. The van der Waals surface area contributed by atoms with E-state index in [1.54, 1.807) is 12.1 Å². The first-order valence-corrected chi connectivity index (χ1v) is 6.84. The largest absolute Gasteiger partial charge is 0.494 e. The molecule has 0 amide bonds. The standard InChI is InChI=1S/C11H17NO4S/c1-3-16-10-4-6-11(7-5-10)17(14,15)12-8-9(2)13/h4-7,9,12-13H,3,8H2,1-2H3. The zero-order valence-corrected chi connectivity index (χ0v) is 10.7. The Hall–Kier alpha value is -1.11. The van der Waals surface area contributed by atoms with Crippen molar-refractivity contribution in [3.8, 4) is 5.75 Å². The molecule has 1 unspecified atom stereocenters. The minimum absolute atomic E-state index is 0.00442. The molecule has 0 aliphatic heterocycles. The van der Waals surface area contributed by atoms with Gasteiger partial charge in [-0.3, -0.25) is 0 Å². The van der Waals surface area contributed by atoms with Crippen molar-refractivity contribution in [2.24, 2.45) is 0 Å². The van der Waals surface area contributed by atoms with Crippen LogP contribution in [-0.4, -0.2) is 32.8 Å². The van der Waals surface area contributed by atoms with Gasteiger partial charge in [-0.25, -0.2) is 13.1 Å². The summed E-state index contributed by atoms with van der Waals surface area (Å²) in [6.45, 7) is 3.90. The summed E-state index contributed by atoms with van der Waals surface area (Å²) < 4.78 is 31.0. The summed E-state index contributed by atoms with van der Waals surface area (Å²) >= 11 is 0. The van der Waals surface area contributed by atoms with E-state index in [1.165, 1.54) is 19.1 Å². The predicted molar refractivity (Wildman–Crippen MR) is 64.5 cm³/mol. The topological polar surface area (TPSA) is 75.6 Å². The first-order valence-electron chi connectivity index (χ1n) is 5.36. The van der Waals surface area contributed by atoms with Crippen LogP contribution in [0.4, 0.5) is 0 Å². The number of rotatable bonds is 6. The zero-order chi connectivity index (χ0) is 12.9. The fourth-order valence-corrected chi connectivity index (χ4v) is 2.32. The third-order valence-electron chi connectivity index (χ3n) is 2.01. The summed E-state index contributed by atoms with van der Waals surface area (Å²) in [6, 6.07) is 6.13. The van der Waals surface area contributed by atoms with Crippen LogP contribution < -0.4 is 9.46 Å². The molecule has 1 aromatic rings. The van der Waals surface area contributed by atoms with Crippen LogP contribution >= 0.6 is 0 Å². The fraction of sp³-hybridized carbons (Fsp3) is 0.455. The van der Waals surface area contributed by atoms with Crippen molar-refractivity contribution < 1.29 is 18.3 Å². The lowest BCUT2D eigenvalue weighted by molar-refractivity contribution is 0.198. The van der Waals surface area contributed by atoms with Gasteiger partial charge in [0.05, 0.1) is 17.6 Å². The summed E-state index contributed by atoms with van der Waals surface area (Å²) in [6.07, 6.45) is -0.715. The molecule has 0 aliphatic rings. The highest BCUT2D eigenvalue weighted by atomic mass is 32.2. The molecule has 96 valence electrons. The molecule has 1 aromatic carbocycles. The number of benzene rings is 1. The van der Waals surface area contributed by atoms with Crippen molar-refractivity contribution in [2.75, 3.05) is 13.2 Å². The lowest BCUT2D eigenvalue weighted by atomic mass is 10.3. The second kappa shape index (κ2) is 6.00. The van der Waals surface area contributed by atoms with Crippen LogP contribution in [0, 0.1) is 0 Å². The van der Waals surface area contributed by atoms with Crippen LogP contribution in [0.3, 0.4) is 0 Å². The highest BCUT2D eigenvalue weighted by molar-refractivity contribution is 7.89. The van der Waals surface area contributed by atoms with Gasteiger partial charge in [0.25, 0.3) is 0 Å². The van der Waals surface area contributed by atoms with Gasteiger partial charge in [0, 0.05) is 6.54 Å². The van der Waals surface area contributed by atoms with E-state index in [2.05, 4.69) is 4.72 Å². The van der Waals surface area contributed by atoms with Crippen molar-refractivity contribution in [2.45, 2.75) is 24.8 Å². The summed E-state index contributed by atoms with van der Waals surface area (Å²) in [5, 5.41) is 9.03. The minimum atomic E-state index is -3.55. The van der Waals surface area contributed by atoms with Crippen LogP contribution in [0.2, 0.25) is 0 Å². The maximum Gasteiger partial charge on any atom is 0.240 e. The molecule has 0 heterocycles. The number of sulfonamides is 1.